The molecule has 1 unspecified atom stereocenters. The number of aliphatic hydroxyl groups is 1. The van der Waals surface area contributed by atoms with Gasteiger partial charge in [-0.3, -0.25) is 4.79 Å². The molecular formula is C24H23NO2. The lowest BCUT2D eigenvalue weighted by Gasteiger charge is -2.07. The van der Waals surface area contributed by atoms with Gasteiger partial charge in [0.1, 0.15) is 0 Å². The zero-order valence-corrected chi connectivity index (χ0v) is 15.3. The SMILES string of the molecule is C/C=C/c1ccccc1/C=C/C=C/C(O)Cc1cc(=O)c2ccccc2[nH]1. The Hall–Kier alpha value is -3.17. The lowest BCUT2D eigenvalue weighted by atomic mass is 10.1. The summed E-state index contributed by atoms with van der Waals surface area (Å²) in [5.41, 5.74) is 3.75. The Morgan fingerprint density at radius 1 is 1.00 bits per heavy atom. The van der Waals surface area contributed by atoms with Crippen molar-refractivity contribution in [3.8, 4) is 0 Å². The number of aromatic nitrogens is 1. The van der Waals surface area contributed by atoms with Gasteiger partial charge in [0, 0.05) is 29.1 Å². The van der Waals surface area contributed by atoms with Crippen LogP contribution >= 0.6 is 0 Å². The first-order chi connectivity index (χ1) is 13.2. The molecule has 1 atom stereocenters. The number of aliphatic hydroxyl groups excluding tert-OH is 1. The number of H-pyrrole nitrogens is 1. The molecule has 0 saturated heterocycles. The Labute approximate surface area is 159 Å². The van der Waals surface area contributed by atoms with Gasteiger partial charge >= 0.3 is 0 Å². The molecule has 2 aromatic carbocycles. The Morgan fingerprint density at radius 2 is 1.70 bits per heavy atom. The molecule has 0 fully saturated rings. The average Bonchev–Trinajstić information content (AvgIpc) is 2.67. The summed E-state index contributed by atoms with van der Waals surface area (Å²) in [6, 6.07) is 17.1. The van der Waals surface area contributed by atoms with Crippen molar-refractivity contribution < 1.29 is 5.11 Å². The maximum absolute atomic E-state index is 12.1. The summed E-state index contributed by atoms with van der Waals surface area (Å²) in [7, 11) is 0. The van der Waals surface area contributed by atoms with E-state index in [1.807, 2.05) is 61.6 Å². The number of hydrogen-bond donors (Lipinski definition) is 2. The predicted octanol–water partition coefficient (Wildman–Crippen LogP) is 4.73. The number of fused-ring (bicyclic) bond motifs is 1. The topological polar surface area (TPSA) is 53.1 Å². The molecule has 0 saturated carbocycles. The van der Waals surface area contributed by atoms with Crippen LogP contribution in [0, 0.1) is 0 Å². The van der Waals surface area contributed by atoms with Crippen molar-refractivity contribution in [1.82, 2.24) is 4.98 Å². The number of benzene rings is 2. The van der Waals surface area contributed by atoms with Crippen molar-refractivity contribution in [3.63, 3.8) is 0 Å². The first-order valence-electron chi connectivity index (χ1n) is 9.03. The number of aromatic amines is 1. The maximum Gasteiger partial charge on any atom is 0.189 e. The molecule has 1 aromatic heterocycles. The van der Waals surface area contributed by atoms with E-state index >= 15 is 0 Å². The normalized spacial score (nSPS) is 13.3. The Kier molecular flexibility index (Phi) is 6.18. The monoisotopic (exact) mass is 357 g/mol. The van der Waals surface area contributed by atoms with E-state index in [4.69, 9.17) is 0 Å². The fraction of sp³-hybridized carbons (Fsp3) is 0.125. The first-order valence-corrected chi connectivity index (χ1v) is 9.03. The van der Waals surface area contributed by atoms with Gasteiger partial charge in [-0.2, -0.15) is 0 Å². The highest BCUT2D eigenvalue weighted by Crippen LogP contribution is 2.13. The third-order valence-corrected chi connectivity index (χ3v) is 4.28. The molecule has 2 N–H and O–H groups in total. The molecule has 3 heteroatoms. The minimum Gasteiger partial charge on any atom is -0.389 e. The van der Waals surface area contributed by atoms with Gasteiger partial charge in [0.25, 0.3) is 0 Å². The van der Waals surface area contributed by atoms with E-state index in [0.29, 0.717) is 11.8 Å². The van der Waals surface area contributed by atoms with Crippen LogP contribution in [-0.2, 0) is 6.42 Å². The molecule has 1 heterocycles. The number of hydrogen-bond acceptors (Lipinski definition) is 2. The molecule has 27 heavy (non-hydrogen) atoms. The summed E-state index contributed by atoms with van der Waals surface area (Å²) in [5.74, 6) is 0. The fourth-order valence-corrected chi connectivity index (χ4v) is 3.00. The summed E-state index contributed by atoms with van der Waals surface area (Å²) >= 11 is 0. The average molecular weight is 357 g/mol. The molecule has 0 aliphatic rings. The van der Waals surface area contributed by atoms with E-state index in [1.165, 1.54) is 0 Å². The van der Waals surface area contributed by atoms with Crippen LogP contribution in [0.2, 0.25) is 0 Å². The van der Waals surface area contributed by atoms with Crippen LogP contribution in [0.3, 0.4) is 0 Å². The van der Waals surface area contributed by atoms with Gasteiger partial charge in [-0.25, -0.2) is 0 Å². The third-order valence-electron chi connectivity index (χ3n) is 4.28. The highest BCUT2D eigenvalue weighted by Gasteiger charge is 2.05. The molecule has 3 nitrogen and oxygen atoms in total. The van der Waals surface area contributed by atoms with Crippen LogP contribution in [0.25, 0.3) is 23.1 Å². The quantitative estimate of drug-likeness (QED) is 0.627. The minimum atomic E-state index is -0.669. The van der Waals surface area contributed by atoms with Crippen molar-refractivity contribution >= 4 is 23.1 Å². The standard InChI is InChI=1S/C24H23NO2/c1-2-9-18-10-3-4-11-19(18)12-5-6-13-21(26)16-20-17-24(27)22-14-7-8-15-23(22)25-20/h2-15,17,21,26H,16H2,1H3,(H,25,27)/b9-2+,12-5+,13-6+. The molecule has 0 amide bonds. The number of pyridine rings is 1. The molecular weight excluding hydrogens is 334 g/mol. The summed E-state index contributed by atoms with van der Waals surface area (Å²) < 4.78 is 0. The zero-order valence-electron chi connectivity index (χ0n) is 15.3. The van der Waals surface area contributed by atoms with Gasteiger partial charge in [-0.1, -0.05) is 72.9 Å². The summed E-state index contributed by atoms with van der Waals surface area (Å²) in [4.78, 5) is 15.4. The number of nitrogens with one attached hydrogen (secondary N) is 1. The van der Waals surface area contributed by atoms with Crippen molar-refractivity contribution in [3.05, 3.63) is 106 Å². The van der Waals surface area contributed by atoms with Gasteiger partial charge in [-0.05, 0) is 30.2 Å². The second-order valence-corrected chi connectivity index (χ2v) is 6.35. The van der Waals surface area contributed by atoms with Crippen molar-refractivity contribution in [2.24, 2.45) is 0 Å². The van der Waals surface area contributed by atoms with Crippen LogP contribution in [0.5, 0.6) is 0 Å². The Balaban J connectivity index is 1.67. The molecule has 0 aliphatic carbocycles. The molecule has 0 spiro atoms. The van der Waals surface area contributed by atoms with E-state index in [0.717, 1.165) is 22.3 Å². The second-order valence-electron chi connectivity index (χ2n) is 6.35. The first kappa shape index (κ1) is 18.6. The molecule has 0 bridgehead atoms. The van der Waals surface area contributed by atoms with Crippen molar-refractivity contribution in [2.75, 3.05) is 0 Å². The highest BCUT2D eigenvalue weighted by atomic mass is 16.3. The summed E-state index contributed by atoms with van der Waals surface area (Å²) in [5, 5.41) is 10.9. The smallest absolute Gasteiger partial charge is 0.189 e. The van der Waals surface area contributed by atoms with E-state index in [2.05, 4.69) is 23.2 Å². The maximum atomic E-state index is 12.1. The van der Waals surface area contributed by atoms with Crippen LogP contribution in [0.4, 0.5) is 0 Å². The zero-order chi connectivity index (χ0) is 19.1. The number of para-hydroxylation sites is 1. The van der Waals surface area contributed by atoms with Crippen molar-refractivity contribution in [2.45, 2.75) is 19.4 Å². The second kappa shape index (κ2) is 8.97. The summed E-state index contributed by atoms with van der Waals surface area (Å²) in [6.45, 7) is 1.99. The van der Waals surface area contributed by atoms with Gasteiger partial charge in [0.2, 0.25) is 0 Å². The van der Waals surface area contributed by atoms with Gasteiger partial charge in [0.15, 0.2) is 5.43 Å². The lowest BCUT2D eigenvalue weighted by Crippen LogP contribution is -2.12. The molecule has 3 rings (SSSR count). The van der Waals surface area contributed by atoms with Crippen LogP contribution in [0.15, 0.2) is 83.7 Å². The van der Waals surface area contributed by atoms with Gasteiger partial charge < -0.3 is 10.1 Å². The predicted molar refractivity (Wildman–Crippen MR) is 114 cm³/mol. The van der Waals surface area contributed by atoms with E-state index in [1.54, 1.807) is 18.2 Å². The third kappa shape index (κ3) is 4.93. The number of rotatable bonds is 6. The Bertz CT molecular complexity index is 1060. The van der Waals surface area contributed by atoms with E-state index in [9.17, 15) is 9.90 Å². The molecule has 0 radical (unpaired) electrons. The van der Waals surface area contributed by atoms with Crippen LogP contribution < -0.4 is 5.43 Å². The molecule has 0 aliphatic heterocycles. The highest BCUT2D eigenvalue weighted by molar-refractivity contribution is 5.78. The molecule has 136 valence electrons. The fourth-order valence-electron chi connectivity index (χ4n) is 3.00. The molecule has 3 aromatic rings. The van der Waals surface area contributed by atoms with Crippen molar-refractivity contribution in [1.29, 1.82) is 0 Å². The van der Waals surface area contributed by atoms with E-state index in [-0.39, 0.29) is 5.43 Å². The van der Waals surface area contributed by atoms with Crippen LogP contribution in [-0.4, -0.2) is 16.2 Å². The number of allylic oxidation sites excluding steroid dienone is 3. The van der Waals surface area contributed by atoms with Crippen LogP contribution in [0.1, 0.15) is 23.7 Å². The van der Waals surface area contributed by atoms with Gasteiger partial charge in [-0.15, -0.1) is 0 Å². The Morgan fingerprint density at radius 3 is 2.48 bits per heavy atom. The summed E-state index contributed by atoms with van der Waals surface area (Å²) in [6.07, 6.45) is 11.2. The largest absolute Gasteiger partial charge is 0.389 e. The van der Waals surface area contributed by atoms with E-state index < -0.39 is 6.10 Å². The lowest BCUT2D eigenvalue weighted by molar-refractivity contribution is 0.222. The van der Waals surface area contributed by atoms with Gasteiger partial charge in [0.05, 0.1) is 6.10 Å². The minimum absolute atomic E-state index is 0.0315.